The van der Waals surface area contributed by atoms with Crippen LogP contribution in [0.3, 0.4) is 0 Å². The molecule has 1 N–H and O–H groups in total. The molecule has 0 aliphatic rings. The van der Waals surface area contributed by atoms with Crippen LogP contribution in [0.15, 0.2) is 59.0 Å². The van der Waals surface area contributed by atoms with Crippen molar-refractivity contribution in [2.24, 2.45) is 0 Å². The number of carbonyl (C=O) groups is 1. The second-order valence-electron chi connectivity index (χ2n) is 5.65. The lowest BCUT2D eigenvalue weighted by atomic mass is 10.1. The largest absolute Gasteiger partial charge is 0.417 e. The summed E-state index contributed by atoms with van der Waals surface area (Å²) >= 11 is 0. The lowest BCUT2D eigenvalue weighted by molar-refractivity contribution is 0.0918. The summed E-state index contributed by atoms with van der Waals surface area (Å²) in [7, 11) is 0. The second kappa shape index (κ2) is 7.55. The van der Waals surface area contributed by atoms with Crippen LogP contribution in [0.4, 0.5) is 0 Å². The highest BCUT2D eigenvalue weighted by Crippen LogP contribution is 2.10. The van der Waals surface area contributed by atoms with E-state index in [2.05, 4.69) is 15.5 Å². The van der Waals surface area contributed by atoms with Gasteiger partial charge < -0.3 is 9.73 Å². The molecule has 0 aliphatic heterocycles. The predicted molar refractivity (Wildman–Crippen MR) is 90.8 cm³/mol. The number of nitrogens with zero attached hydrogens (tertiary/aromatic N) is 2. The predicted octanol–water partition coefficient (Wildman–Crippen LogP) is 2.94. The maximum atomic E-state index is 12.0. The first-order chi connectivity index (χ1) is 11.7. The van der Waals surface area contributed by atoms with Gasteiger partial charge in [0.15, 0.2) is 0 Å². The van der Waals surface area contributed by atoms with E-state index in [1.165, 1.54) is 11.1 Å². The number of benzene rings is 2. The molecule has 0 atom stereocenters. The molecule has 24 heavy (non-hydrogen) atoms. The Morgan fingerprint density at radius 2 is 1.75 bits per heavy atom. The number of nitrogens with one attached hydrogen (secondary N) is 1. The monoisotopic (exact) mass is 321 g/mol. The molecule has 0 saturated carbocycles. The van der Waals surface area contributed by atoms with Gasteiger partial charge in [-0.15, -0.1) is 10.2 Å². The van der Waals surface area contributed by atoms with Gasteiger partial charge in [0.1, 0.15) is 0 Å². The molecule has 1 aromatic heterocycles. The summed E-state index contributed by atoms with van der Waals surface area (Å²) < 4.78 is 5.45. The number of aryl methyl sites for hydroxylation is 1. The molecule has 0 saturated heterocycles. The van der Waals surface area contributed by atoms with Gasteiger partial charge in [0.25, 0.3) is 0 Å². The molecule has 0 unspecified atom stereocenters. The fraction of sp³-hybridized carbons (Fsp3) is 0.211. The van der Waals surface area contributed by atoms with Gasteiger partial charge in [-0.05, 0) is 24.5 Å². The van der Waals surface area contributed by atoms with Gasteiger partial charge in [0.05, 0.1) is 6.42 Å². The summed E-state index contributed by atoms with van der Waals surface area (Å²) in [6.45, 7) is 2.56. The maximum Gasteiger partial charge on any atom is 0.308 e. The van der Waals surface area contributed by atoms with E-state index in [1.54, 1.807) is 0 Å². The summed E-state index contributed by atoms with van der Waals surface area (Å²) in [5.41, 5.74) is 3.44. The number of amides is 1. The van der Waals surface area contributed by atoms with E-state index < -0.39 is 0 Å². The zero-order valence-corrected chi connectivity index (χ0v) is 13.5. The SMILES string of the molecule is Cc1ccc(Cc2nnc(C(=O)NCCc3ccccc3)o2)cc1. The third-order valence-electron chi connectivity index (χ3n) is 3.68. The van der Waals surface area contributed by atoms with Gasteiger partial charge >= 0.3 is 11.8 Å². The Hall–Kier alpha value is -2.95. The number of aromatic nitrogens is 2. The van der Waals surface area contributed by atoms with Crippen LogP contribution >= 0.6 is 0 Å². The van der Waals surface area contributed by atoms with Gasteiger partial charge in [-0.3, -0.25) is 4.79 Å². The van der Waals surface area contributed by atoms with Crippen LogP contribution in [-0.2, 0) is 12.8 Å². The first-order valence-corrected chi connectivity index (χ1v) is 7.91. The van der Waals surface area contributed by atoms with Gasteiger partial charge in [0.2, 0.25) is 5.89 Å². The Balaban J connectivity index is 1.52. The van der Waals surface area contributed by atoms with E-state index in [0.29, 0.717) is 18.9 Å². The summed E-state index contributed by atoms with van der Waals surface area (Å²) in [4.78, 5) is 12.0. The van der Waals surface area contributed by atoms with E-state index in [4.69, 9.17) is 4.42 Å². The molecule has 0 bridgehead atoms. The molecule has 5 nitrogen and oxygen atoms in total. The molecule has 0 aliphatic carbocycles. The minimum absolute atomic E-state index is 0.00479. The Morgan fingerprint density at radius 1 is 1.00 bits per heavy atom. The summed E-state index contributed by atoms with van der Waals surface area (Å²) in [6.07, 6.45) is 1.28. The zero-order chi connectivity index (χ0) is 16.8. The van der Waals surface area contributed by atoms with Crippen LogP contribution in [0.25, 0.3) is 0 Å². The van der Waals surface area contributed by atoms with Crippen LogP contribution in [-0.4, -0.2) is 22.6 Å². The van der Waals surface area contributed by atoms with Crippen molar-refractivity contribution in [3.05, 3.63) is 83.1 Å². The van der Waals surface area contributed by atoms with Crippen LogP contribution in [0.5, 0.6) is 0 Å². The van der Waals surface area contributed by atoms with Crippen molar-refractivity contribution >= 4 is 5.91 Å². The first-order valence-electron chi connectivity index (χ1n) is 7.91. The van der Waals surface area contributed by atoms with Gasteiger partial charge in [-0.25, -0.2) is 0 Å². The average Bonchev–Trinajstić information content (AvgIpc) is 3.06. The van der Waals surface area contributed by atoms with Crippen molar-refractivity contribution < 1.29 is 9.21 Å². The number of hydrogen-bond donors (Lipinski definition) is 1. The minimum Gasteiger partial charge on any atom is -0.417 e. The van der Waals surface area contributed by atoms with Crippen molar-refractivity contribution in [3.8, 4) is 0 Å². The molecule has 3 rings (SSSR count). The van der Waals surface area contributed by atoms with E-state index in [1.807, 2.05) is 61.5 Å². The third-order valence-corrected chi connectivity index (χ3v) is 3.68. The lowest BCUT2D eigenvalue weighted by Gasteiger charge is -2.02. The molecule has 1 amide bonds. The van der Waals surface area contributed by atoms with Gasteiger partial charge in [-0.2, -0.15) is 0 Å². The standard InChI is InChI=1S/C19H19N3O2/c1-14-7-9-16(10-8-14)13-17-21-22-19(24-17)18(23)20-12-11-15-5-3-2-4-6-15/h2-10H,11-13H2,1H3,(H,20,23). The molecular formula is C19H19N3O2. The Kier molecular flexibility index (Phi) is 5.01. The molecule has 0 fully saturated rings. The molecule has 122 valence electrons. The van der Waals surface area contributed by atoms with Crippen LogP contribution < -0.4 is 5.32 Å². The molecule has 0 spiro atoms. The highest BCUT2D eigenvalue weighted by Gasteiger charge is 2.14. The van der Waals surface area contributed by atoms with E-state index in [0.717, 1.165) is 12.0 Å². The normalized spacial score (nSPS) is 10.5. The molecule has 1 heterocycles. The lowest BCUT2D eigenvalue weighted by Crippen LogP contribution is -2.26. The highest BCUT2D eigenvalue weighted by atomic mass is 16.4. The van der Waals surface area contributed by atoms with E-state index in [-0.39, 0.29) is 11.8 Å². The van der Waals surface area contributed by atoms with Crippen LogP contribution in [0, 0.1) is 6.92 Å². The topological polar surface area (TPSA) is 68.0 Å². The average molecular weight is 321 g/mol. The van der Waals surface area contributed by atoms with Crippen molar-refractivity contribution in [3.63, 3.8) is 0 Å². The number of carbonyl (C=O) groups excluding carboxylic acids is 1. The fourth-order valence-electron chi connectivity index (χ4n) is 2.34. The minimum atomic E-state index is -0.339. The molecule has 0 radical (unpaired) electrons. The summed E-state index contributed by atoms with van der Waals surface area (Å²) in [6, 6.07) is 18.1. The number of rotatable bonds is 6. The molecule has 3 aromatic rings. The Morgan fingerprint density at radius 3 is 2.50 bits per heavy atom. The first kappa shape index (κ1) is 15.9. The van der Waals surface area contributed by atoms with Crippen molar-refractivity contribution in [2.75, 3.05) is 6.54 Å². The number of hydrogen-bond acceptors (Lipinski definition) is 4. The zero-order valence-electron chi connectivity index (χ0n) is 13.5. The Labute approximate surface area is 140 Å². The molecular weight excluding hydrogens is 302 g/mol. The van der Waals surface area contributed by atoms with Crippen LogP contribution in [0.2, 0.25) is 0 Å². The summed E-state index contributed by atoms with van der Waals surface area (Å²) in [5.74, 6) is 0.103. The summed E-state index contributed by atoms with van der Waals surface area (Å²) in [5, 5.41) is 10.6. The van der Waals surface area contributed by atoms with Crippen molar-refractivity contribution in [1.82, 2.24) is 15.5 Å². The smallest absolute Gasteiger partial charge is 0.308 e. The Bertz CT molecular complexity index is 795. The maximum absolute atomic E-state index is 12.0. The fourth-order valence-corrected chi connectivity index (χ4v) is 2.34. The van der Waals surface area contributed by atoms with Gasteiger partial charge in [0, 0.05) is 6.54 Å². The quantitative estimate of drug-likeness (QED) is 0.758. The molecule has 5 heteroatoms. The van der Waals surface area contributed by atoms with Crippen molar-refractivity contribution in [2.45, 2.75) is 19.8 Å². The van der Waals surface area contributed by atoms with E-state index in [9.17, 15) is 4.79 Å². The second-order valence-corrected chi connectivity index (χ2v) is 5.65. The van der Waals surface area contributed by atoms with E-state index >= 15 is 0 Å². The van der Waals surface area contributed by atoms with Crippen LogP contribution in [0.1, 0.15) is 33.3 Å². The third kappa shape index (κ3) is 4.29. The highest BCUT2D eigenvalue weighted by molar-refractivity contribution is 5.89. The molecule has 2 aromatic carbocycles. The van der Waals surface area contributed by atoms with Gasteiger partial charge in [-0.1, -0.05) is 60.2 Å². The van der Waals surface area contributed by atoms with Crippen molar-refractivity contribution in [1.29, 1.82) is 0 Å².